The Morgan fingerprint density at radius 2 is 1.73 bits per heavy atom. The monoisotopic (exact) mass is 386 g/mol. The van der Waals surface area contributed by atoms with Crippen molar-refractivity contribution in [1.29, 1.82) is 0 Å². The third kappa shape index (κ3) is 4.99. The third-order valence-corrected chi connectivity index (χ3v) is 6.14. The average Bonchev–Trinajstić information content (AvgIpc) is 2.62. The summed E-state index contributed by atoms with van der Waals surface area (Å²) in [4.78, 5) is 26.7. The fourth-order valence-electron chi connectivity index (χ4n) is 2.58. The topological polar surface area (TPSA) is 90.0 Å². The van der Waals surface area contributed by atoms with Gasteiger partial charge in [0.05, 0.1) is 18.0 Å². The second-order valence-electron chi connectivity index (χ2n) is 6.06. The lowest BCUT2D eigenvalue weighted by Crippen LogP contribution is -2.51. The molecule has 0 bridgehead atoms. The molecule has 144 valence electrons. The molecule has 1 heterocycles. The van der Waals surface area contributed by atoms with Gasteiger partial charge in [0, 0.05) is 40.3 Å². The number of nitrogens with zero attached hydrogens (tertiary/aromatic N) is 3. The van der Waals surface area contributed by atoms with E-state index < -0.39 is 15.8 Å². The number of carbonyl (C=O) groups is 2. The molecule has 1 aromatic rings. The van der Waals surface area contributed by atoms with Crippen molar-refractivity contribution in [2.45, 2.75) is 4.90 Å². The summed E-state index contributed by atoms with van der Waals surface area (Å²) >= 11 is 0. The molecule has 0 saturated carbocycles. The summed E-state index contributed by atoms with van der Waals surface area (Å²) in [5, 5.41) is 2.45. The number of amides is 2. The number of piperazine rings is 1. The number of hydrogen-bond acceptors (Lipinski definition) is 5. The van der Waals surface area contributed by atoms with E-state index in [-0.39, 0.29) is 42.9 Å². The molecule has 8 nitrogen and oxygen atoms in total. The van der Waals surface area contributed by atoms with Crippen molar-refractivity contribution >= 4 is 21.8 Å². The van der Waals surface area contributed by atoms with Gasteiger partial charge >= 0.3 is 0 Å². The second kappa shape index (κ2) is 8.56. The maximum atomic E-state index is 13.0. The first kappa shape index (κ1) is 20.3. The average molecular weight is 386 g/mol. The molecule has 1 aliphatic heterocycles. The van der Waals surface area contributed by atoms with Gasteiger partial charge in [0.25, 0.3) is 0 Å². The lowest BCUT2D eigenvalue weighted by molar-refractivity contribution is -0.135. The van der Waals surface area contributed by atoms with Gasteiger partial charge in [0.1, 0.15) is 5.82 Å². The first-order valence-electron chi connectivity index (χ1n) is 8.16. The van der Waals surface area contributed by atoms with E-state index in [1.165, 1.54) is 28.4 Å². The second-order valence-corrected chi connectivity index (χ2v) is 8.00. The predicted molar refractivity (Wildman–Crippen MR) is 93.3 cm³/mol. The quantitative estimate of drug-likeness (QED) is 0.701. The molecule has 1 N–H and O–H groups in total. The van der Waals surface area contributed by atoms with Crippen LogP contribution in [-0.2, 0) is 19.6 Å². The number of sulfonamides is 1. The summed E-state index contributed by atoms with van der Waals surface area (Å²) in [6, 6.07) is 4.72. The number of benzene rings is 1. The van der Waals surface area contributed by atoms with Crippen LogP contribution >= 0.6 is 0 Å². The Kier molecular flexibility index (Phi) is 6.68. The zero-order valence-corrected chi connectivity index (χ0v) is 15.6. The van der Waals surface area contributed by atoms with Crippen molar-refractivity contribution < 1.29 is 22.4 Å². The van der Waals surface area contributed by atoms with E-state index in [2.05, 4.69) is 5.32 Å². The molecule has 0 unspecified atom stereocenters. The summed E-state index contributed by atoms with van der Waals surface area (Å²) in [6.45, 7) is 1.39. The first-order chi connectivity index (χ1) is 12.2. The fraction of sp³-hybridized carbons (Fsp3) is 0.500. The molecular weight excluding hydrogens is 363 g/mol. The number of carbonyl (C=O) groups excluding carboxylic acids is 2. The van der Waals surface area contributed by atoms with Gasteiger partial charge in [0.15, 0.2) is 0 Å². The molecular formula is C16H23FN4O4S. The molecule has 2 amide bonds. The number of rotatable bonds is 6. The fourth-order valence-corrected chi connectivity index (χ4v) is 4.00. The van der Waals surface area contributed by atoms with Crippen LogP contribution in [0.1, 0.15) is 0 Å². The minimum absolute atomic E-state index is 0.0196. The van der Waals surface area contributed by atoms with Gasteiger partial charge in [-0.3, -0.25) is 14.5 Å². The van der Waals surface area contributed by atoms with Crippen LogP contribution in [0.15, 0.2) is 29.2 Å². The van der Waals surface area contributed by atoms with E-state index in [4.69, 9.17) is 0 Å². The van der Waals surface area contributed by atoms with Gasteiger partial charge in [-0.2, -0.15) is 4.31 Å². The molecule has 0 aromatic heterocycles. The lowest BCUT2D eigenvalue weighted by atomic mass is 10.3. The highest BCUT2D eigenvalue weighted by Crippen LogP contribution is 2.18. The SMILES string of the molecule is CNC(=O)CN(C)C(=O)CN1CCN(S(=O)(=O)c2ccc(F)cc2)CC1. The Morgan fingerprint density at radius 1 is 1.15 bits per heavy atom. The van der Waals surface area contributed by atoms with Gasteiger partial charge in [-0.15, -0.1) is 0 Å². The Bertz CT molecular complexity index is 746. The normalized spacial score (nSPS) is 16.3. The number of nitrogens with one attached hydrogen (secondary N) is 1. The molecule has 10 heteroatoms. The van der Waals surface area contributed by atoms with Crippen molar-refractivity contribution in [1.82, 2.24) is 19.4 Å². The first-order valence-corrected chi connectivity index (χ1v) is 9.60. The van der Waals surface area contributed by atoms with Crippen LogP contribution in [0.5, 0.6) is 0 Å². The van der Waals surface area contributed by atoms with Crippen molar-refractivity contribution in [2.75, 3.05) is 53.4 Å². The summed E-state index contributed by atoms with van der Waals surface area (Å²) in [7, 11) is -0.625. The van der Waals surface area contributed by atoms with Gasteiger partial charge < -0.3 is 10.2 Å². The van der Waals surface area contributed by atoms with Crippen LogP contribution in [0, 0.1) is 5.82 Å². The maximum Gasteiger partial charge on any atom is 0.243 e. The highest BCUT2D eigenvalue weighted by molar-refractivity contribution is 7.89. The van der Waals surface area contributed by atoms with Gasteiger partial charge in [-0.05, 0) is 24.3 Å². The molecule has 0 spiro atoms. The van der Waals surface area contributed by atoms with Crippen molar-refractivity contribution in [3.05, 3.63) is 30.1 Å². The zero-order chi connectivity index (χ0) is 19.3. The standard InChI is InChI=1S/C16H23FN4O4S/c1-18-15(22)11-19(2)16(23)12-20-7-9-21(10-8-20)26(24,25)14-5-3-13(17)4-6-14/h3-6H,7-12H2,1-2H3,(H,18,22). The van der Waals surface area contributed by atoms with Crippen LogP contribution in [0.25, 0.3) is 0 Å². The van der Waals surface area contributed by atoms with E-state index in [0.717, 1.165) is 12.1 Å². The van der Waals surface area contributed by atoms with Crippen molar-refractivity contribution in [3.63, 3.8) is 0 Å². The molecule has 0 aliphatic carbocycles. The highest BCUT2D eigenvalue weighted by atomic mass is 32.2. The minimum Gasteiger partial charge on any atom is -0.358 e. The van der Waals surface area contributed by atoms with Crippen molar-refractivity contribution in [2.24, 2.45) is 0 Å². The molecule has 1 aliphatic rings. The smallest absolute Gasteiger partial charge is 0.243 e. The van der Waals surface area contributed by atoms with Crippen LogP contribution in [0.3, 0.4) is 0 Å². The third-order valence-electron chi connectivity index (χ3n) is 4.23. The molecule has 0 radical (unpaired) electrons. The Balaban J connectivity index is 1.89. The van der Waals surface area contributed by atoms with E-state index in [9.17, 15) is 22.4 Å². The van der Waals surface area contributed by atoms with E-state index in [0.29, 0.717) is 13.1 Å². The van der Waals surface area contributed by atoms with Gasteiger partial charge in [-0.1, -0.05) is 0 Å². The van der Waals surface area contributed by atoms with E-state index >= 15 is 0 Å². The Labute approximate surface area is 152 Å². The molecule has 1 aromatic carbocycles. The summed E-state index contributed by atoms with van der Waals surface area (Å²) in [5.74, 6) is -0.951. The highest BCUT2D eigenvalue weighted by Gasteiger charge is 2.29. The predicted octanol–water partition coefficient (Wildman–Crippen LogP) is -0.664. The molecule has 1 fully saturated rings. The maximum absolute atomic E-state index is 13.0. The summed E-state index contributed by atoms with van der Waals surface area (Å²) < 4.78 is 39.4. The van der Waals surface area contributed by atoms with Gasteiger partial charge in [0.2, 0.25) is 21.8 Å². The minimum atomic E-state index is -3.67. The van der Waals surface area contributed by atoms with Gasteiger partial charge in [-0.25, -0.2) is 12.8 Å². The molecule has 26 heavy (non-hydrogen) atoms. The molecule has 0 atom stereocenters. The number of halogens is 1. The van der Waals surface area contributed by atoms with Crippen LogP contribution in [0.4, 0.5) is 4.39 Å². The summed E-state index contributed by atoms with van der Waals surface area (Å²) in [6.07, 6.45) is 0. The zero-order valence-electron chi connectivity index (χ0n) is 14.8. The lowest BCUT2D eigenvalue weighted by Gasteiger charge is -2.34. The van der Waals surface area contributed by atoms with Crippen molar-refractivity contribution in [3.8, 4) is 0 Å². The van der Waals surface area contributed by atoms with Crippen LogP contribution < -0.4 is 5.32 Å². The number of likely N-dealkylation sites (N-methyl/N-ethyl adjacent to an activating group) is 2. The van der Waals surface area contributed by atoms with Crippen LogP contribution in [-0.4, -0.2) is 87.7 Å². The van der Waals surface area contributed by atoms with E-state index in [1.807, 2.05) is 4.90 Å². The largest absolute Gasteiger partial charge is 0.358 e. The molecule has 1 saturated heterocycles. The Hall–Kier alpha value is -2.04. The number of hydrogen-bond donors (Lipinski definition) is 1. The Morgan fingerprint density at radius 3 is 2.27 bits per heavy atom. The molecule has 2 rings (SSSR count). The summed E-state index contributed by atoms with van der Waals surface area (Å²) in [5.41, 5.74) is 0. The van der Waals surface area contributed by atoms with Crippen LogP contribution in [0.2, 0.25) is 0 Å². The van der Waals surface area contributed by atoms with E-state index in [1.54, 1.807) is 7.05 Å².